The Labute approximate surface area is 106 Å². The first-order chi connectivity index (χ1) is 8.58. The van der Waals surface area contributed by atoms with E-state index in [4.69, 9.17) is 5.73 Å². The van der Waals surface area contributed by atoms with Crippen molar-refractivity contribution >= 4 is 11.6 Å². The molecule has 1 aromatic heterocycles. The molecule has 0 saturated heterocycles. The predicted octanol–water partition coefficient (Wildman–Crippen LogP) is 1.37. The number of anilines is 1. The summed E-state index contributed by atoms with van der Waals surface area (Å²) >= 11 is 0. The lowest BCUT2D eigenvalue weighted by atomic mass is 10.1. The molecule has 1 atom stereocenters. The Bertz CT molecular complexity index is 562. The number of aryl methyl sites for hydroxylation is 2. The zero-order chi connectivity index (χ0) is 13.1. The van der Waals surface area contributed by atoms with Crippen LogP contribution in [0.1, 0.15) is 17.2 Å². The Morgan fingerprint density at radius 3 is 2.78 bits per heavy atom. The highest BCUT2D eigenvalue weighted by molar-refractivity contribution is 5.95. The van der Waals surface area contributed by atoms with Crippen LogP contribution in [-0.4, -0.2) is 15.7 Å². The van der Waals surface area contributed by atoms with E-state index in [0.29, 0.717) is 5.56 Å². The number of nitrogens with one attached hydrogen (secondary N) is 1. The van der Waals surface area contributed by atoms with Crippen LogP contribution < -0.4 is 11.1 Å². The highest BCUT2D eigenvalue weighted by Gasteiger charge is 2.17. The molecule has 5 nitrogen and oxygen atoms in total. The first-order valence-electron chi connectivity index (χ1n) is 5.68. The fraction of sp³-hybridized carbons (Fsp3) is 0.231. The number of nitrogens with two attached hydrogens (primary N) is 1. The Hall–Kier alpha value is -2.14. The molecule has 1 heterocycles. The van der Waals surface area contributed by atoms with E-state index >= 15 is 0 Å². The number of hydrogen-bond acceptors (Lipinski definition) is 3. The van der Waals surface area contributed by atoms with E-state index in [1.165, 1.54) is 0 Å². The number of aromatic nitrogens is 2. The molecule has 0 aliphatic heterocycles. The molecule has 0 bridgehead atoms. The Balaban J connectivity index is 2.11. The van der Waals surface area contributed by atoms with Gasteiger partial charge >= 0.3 is 0 Å². The maximum absolute atomic E-state index is 12.0. The van der Waals surface area contributed by atoms with Crippen LogP contribution in [0, 0.1) is 6.92 Å². The van der Waals surface area contributed by atoms with Crippen LogP contribution in [0.15, 0.2) is 36.7 Å². The summed E-state index contributed by atoms with van der Waals surface area (Å²) in [7, 11) is 1.79. The quantitative estimate of drug-likeness (QED) is 0.856. The summed E-state index contributed by atoms with van der Waals surface area (Å²) < 4.78 is 1.62. The zero-order valence-electron chi connectivity index (χ0n) is 10.4. The third kappa shape index (κ3) is 2.57. The topological polar surface area (TPSA) is 72.9 Å². The number of rotatable bonds is 3. The molecule has 2 aromatic rings. The Morgan fingerprint density at radius 1 is 1.44 bits per heavy atom. The van der Waals surface area contributed by atoms with Crippen LogP contribution in [0.5, 0.6) is 0 Å². The number of benzene rings is 1. The standard InChI is InChI=1S/C13H16N4O/c1-9-5-3-4-6-11(9)16-13(18)12(14)10-7-15-17(2)8-10/h3-8,12H,14H2,1-2H3,(H,16,18). The number of amides is 1. The van der Waals surface area contributed by atoms with Gasteiger partial charge in [0.05, 0.1) is 6.20 Å². The normalized spacial score (nSPS) is 12.2. The van der Waals surface area contributed by atoms with Crippen LogP contribution in [0.25, 0.3) is 0 Å². The second-order valence-corrected chi connectivity index (χ2v) is 4.23. The zero-order valence-corrected chi connectivity index (χ0v) is 10.4. The van der Waals surface area contributed by atoms with Gasteiger partial charge in [0.25, 0.3) is 0 Å². The lowest BCUT2D eigenvalue weighted by molar-refractivity contribution is -0.117. The molecule has 5 heteroatoms. The van der Waals surface area contributed by atoms with Crippen molar-refractivity contribution in [1.82, 2.24) is 9.78 Å². The molecule has 94 valence electrons. The first-order valence-corrected chi connectivity index (χ1v) is 5.68. The highest BCUT2D eigenvalue weighted by atomic mass is 16.2. The minimum atomic E-state index is -0.710. The van der Waals surface area contributed by atoms with Crippen LogP contribution in [0.4, 0.5) is 5.69 Å². The summed E-state index contributed by atoms with van der Waals surface area (Å²) in [6.07, 6.45) is 3.34. The minimum absolute atomic E-state index is 0.239. The van der Waals surface area contributed by atoms with Crippen LogP contribution >= 0.6 is 0 Å². The van der Waals surface area contributed by atoms with Crippen molar-refractivity contribution in [2.45, 2.75) is 13.0 Å². The summed E-state index contributed by atoms with van der Waals surface area (Å²) in [5, 5.41) is 6.82. The summed E-state index contributed by atoms with van der Waals surface area (Å²) in [6, 6.07) is 6.87. The van der Waals surface area contributed by atoms with E-state index in [2.05, 4.69) is 10.4 Å². The minimum Gasteiger partial charge on any atom is -0.324 e. The van der Waals surface area contributed by atoms with E-state index < -0.39 is 6.04 Å². The summed E-state index contributed by atoms with van der Waals surface area (Å²) in [6.45, 7) is 1.94. The molecule has 0 aliphatic rings. The Morgan fingerprint density at radius 2 is 2.17 bits per heavy atom. The molecular weight excluding hydrogens is 228 g/mol. The SMILES string of the molecule is Cc1ccccc1NC(=O)C(N)c1cnn(C)c1. The van der Waals surface area contributed by atoms with Gasteiger partial charge in [0.2, 0.25) is 5.91 Å². The van der Waals surface area contributed by atoms with Gasteiger partial charge < -0.3 is 11.1 Å². The van der Waals surface area contributed by atoms with Gasteiger partial charge in [-0.2, -0.15) is 5.10 Å². The van der Waals surface area contributed by atoms with Gasteiger partial charge in [-0.05, 0) is 18.6 Å². The average Bonchev–Trinajstić information content (AvgIpc) is 2.78. The third-order valence-corrected chi connectivity index (χ3v) is 2.77. The van der Waals surface area contributed by atoms with Crippen molar-refractivity contribution in [2.24, 2.45) is 12.8 Å². The predicted molar refractivity (Wildman–Crippen MR) is 69.9 cm³/mol. The summed E-state index contributed by atoms with van der Waals surface area (Å²) in [5.41, 5.74) is 8.37. The van der Waals surface area contributed by atoms with Crippen molar-refractivity contribution in [3.05, 3.63) is 47.8 Å². The number of carbonyl (C=O) groups excluding carboxylic acids is 1. The van der Waals surface area contributed by atoms with Crippen molar-refractivity contribution in [3.63, 3.8) is 0 Å². The number of hydrogen-bond donors (Lipinski definition) is 2. The smallest absolute Gasteiger partial charge is 0.246 e. The molecule has 0 radical (unpaired) electrons. The first kappa shape index (κ1) is 12.3. The van der Waals surface area contributed by atoms with Crippen LogP contribution in [-0.2, 0) is 11.8 Å². The van der Waals surface area contributed by atoms with Gasteiger partial charge in [0.15, 0.2) is 0 Å². The number of carbonyl (C=O) groups is 1. The van der Waals surface area contributed by atoms with Gasteiger partial charge in [-0.25, -0.2) is 0 Å². The summed E-state index contributed by atoms with van der Waals surface area (Å²) in [5.74, 6) is -0.239. The molecule has 1 aromatic carbocycles. The van der Waals surface area contributed by atoms with E-state index in [-0.39, 0.29) is 5.91 Å². The lowest BCUT2D eigenvalue weighted by Gasteiger charge is -2.12. The molecule has 1 unspecified atom stereocenters. The van der Waals surface area contributed by atoms with Crippen LogP contribution in [0.3, 0.4) is 0 Å². The molecule has 0 saturated carbocycles. The van der Waals surface area contributed by atoms with E-state index in [9.17, 15) is 4.79 Å². The van der Waals surface area contributed by atoms with Crippen molar-refractivity contribution in [1.29, 1.82) is 0 Å². The second kappa shape index (κ2) is 5.01. The largest absolute Gasteiger partial charge is 0.324 e. The maximum atomic E-state index is 12.0. The van der Waals surface area contributed by atoms with Crippen molar-refractivity contribution < 1.29 is 4.79 Å². The molecule has 0 aliphatic carbocycles. The van der Waals surface area contributed by atoms with Gasteiger partial charge in [0, 0.05) is 24.5 Å². The molecule has 18 heavy (non-hydrogen) atoms. The average molecular weight is 244 g/mol. The van der Waals surface area contributed by atoms with Crippen molar-refractivity contribution in [2.75, 3.05) is 5.32 Å². The second-order valence-electron chi connectivity index (χ2n) is 4.23. The number of nitrogens with zero attached hydrogens (tertiary/aromatic N) is 2. The Kier molecular flexibility index (Phi) is 3.43. The molecule has 3 N–H and O–H groups in total. The van der Waals surface area contributed by atoms with Gasteiger partial charge in [-0.3, -0.25) is 9.48 Å². The van der Waals surface area contributed by atoms with Gasteiger partial charge in [-0.15, -0.1) is 0 Å². The van der Waals surface area contributed by atoms with Gasteiger partial charge in [-0.1, -0.05) is 18.2 Å². The molecule has 2 rings (SSSR count). The molecule has 0 spiro atoms. The molecule has 1 amide bonds. The lowest BCUT2D eigenvalue weighted by Crippen LogP contribution is -2.27. The fourth-order valence-electron chi connectivity index (χ4n) is 1.68. The number of para-hydroxylation sites is 1. The monoisotopic (exact) mass is 244 g/mol. The third-order valence-electron chi connectivity index (χ3n) is 2.77. The fourth-order valence-corrected chi connectivity index (χ4v) is 1.68. The molecular formula is C13H16N4O. The maximum Gasteiger partial charge on any atom is 0.246 e. The molecule has 0 fully saturated rings. The van der Waals surface area contributed by atoms with E-state index in [1.807, 2.05) is 31.2 Å². The van der Waals surface area contributed by atoms with E-state index in [1.54, 1.807) is 24.1 Å². The van der Waals surface area contributed by atoms with Crippen LogP contribution in [0.2, 0.25) is 0 Å². The summed E-state index contributed by atoms with van der Waals surface area (Å²) in [4.78, 5) is 12.0. The van der Waals surface area contributed by atoms with Crippen molar-refractivity contribution in [3.8, 4) is 0 Å². The van der Waals surface area contributed by atoms with Gasteiger partial charge in [0.1, 0.15) is 6.04 Å². The highest BCUT2D eigenvalue weighted by Crippen LogP contribution is 2.16. The van der Waals surface area contributed by atoms with E-state index in [0.717, 1.165) is 11.3 Å².